The fraction of sp³-hybridized carbons (Fsp3) is 0.556. The van der Waals surface area contributed by atoms with Crippen LogP contribution in [0.3, 0.4) is 0 Å². The predicted molar refractivity (Wildman–Crippen MR) is 93.0 cm³/mol. The summed E-state index contributed by atoms with van der Waals surface area (Å²) in [5.41, 5.74) is 0.917. The Hall–Kier alpha value is -2.44. The molecule has 1 saturated heterocycles. The number of nitrogens with zero attached hydrogens (tertiary/aromatic N) is 1. The number of nitrogens with one attached hydrogen (secondary N) is 1. The minimum atomic E-state index is -0.843. The van der Waals surface area contributed by atoms with Crippen LogP contribution in [0.2, 0.25) is 0 Å². The van der Waals surface area contributed by atoms with Crippen molar-refractivity contribution in [1.82, 2.24) is 10.2 Å². The van der Waals surface area contributed by atoms with Crippen LogP contribution in [0.15, 0.2) is 18.2 Å². The number of methoxy groups -OCH3 is 2. The number of carboxylic acids is 1. The quantitative estimate of drug-likeness (QED) is 0.823. The van der Waals surface area contributed by atoms with E-state index in [1.54, 1.807) is 19.1 Å². The van der Waals surface area contributed by atoms with Crippen LogP contribution in [0.5, 0.6) is 11.5 Å². The van der Waals surface area contributed by atoms with Crippen molar-refractivity contribution in [3.05, 3.63) is 23.8 Å². The van der Waals surface area contributed by atoms with Crippen molar-refractivity contribution in [3.63, 3.8) is 0 Å². The minimum absolute atomic E-state index is 0.183. The highest BCUT2D eigenvalue weighted by atomic mass is 16.5. The van der Waals surface area contributed by atoms with Gasteiger partial charge >= 0.3 is 12.0 Å². The molecule has 0 bridgehead atoms. The normalized spacial score (nSPS) is 18.4. The third-order valence-electron chi connectivity index (χ3n) is 4.57. The van der Waals surface area contributed by atoms with Crippen LogP contribution in [-0.4, -0.2) is 49.3 Å². The van der Waals surface area contributed by atoms with Crippen molar-refractivity contribution in [1.29, 1.82) is 0 Å². The van der Waals surface area contributed by atoms with Gasteiger partial charge in [-0.25, -0.2) is 4.79 Å². The second-order valence-electron chi connectivity index (χ2n) is 6.15. The molecule has 1 heterocycles. The molecule has 2 amide bonds. The molecule has 2 N–H and O–H groups in total. The van der Waals surface area contributed by atoms with E-state index >= 15 is 0 Å². The van der Waals surface area contributed by atoms with E-state index in [2.05, 4.69) is 5.32 Å². The van der Waals surface area contributed by atoms with E-state index in [-0.39, 0.29) is 18.6 Å². The molecule has 1 aliphatic heterocycles. The summed E-state index contributed by atoms with van der Waals surface area (Å²) in [4.78, 5) is 25.3. The van der Waals surface area contributed by atoms with Gasteiger partial charge in [0.05, 0.1) is 26.2 Å². The summed E-state index contributed by atoms with van der Waals surface area (Å²) in [7, 11) is 3.15. The molecule has 0 radical (unpaired) electrons. The fourth-order valence-electron chi connectivity index (χ4n) is 3.09. The van der Waals surface area contributed by atoms with E-state index in [9.17, 15) is 9.59 Å². The summed E-state index contributed by atoms with van der Waals surface area (Å²) in [5, 5.41) is 12.2. The number of rotatable bonds is 6. The molecule has 0 spiro atoms. The number of hydrogen-bond donors (Lipinski definition) is 2. The summed E-state index contributed by atoms with van der Waals surface area (Å²) in [6.45, 7) is 2.82. The number of amides is 2. The maximum absolute atomic E-state index is 12.6. The number of aliphatic carboxylic acids is 1. The van der Waals surface area contributed by atoms with Crippen LogP contribution in [0.4, 0.5) is 4.79 Å². The van der Waals surface area contributed by atoms with Crippen molar-refractivity contribution in [2.75, 3.05) is 27.3 Å². The SMILES string of the molecule is CCC(NC(=O)N1CCCC(C(=O)O)C1)c1ccc(OC)c(OC)c1. The Morgan fingerprint density at radius 3 is 2.64 bits per heavy atom. The van der Waals surface area contributed by atoms with Gasteiger partial charge in [-0.05, 0) is 37.0 Å². The zero-order chi connectivity index (χ0) is 18.4. The molecule has 2 unspecified atom stereocenters. The molecule has 0 aromatic heterocycles. The van der Waals surface area contributed by atoms with Gasteiger partial charge < -0.3 is 24.8 Å². The molecule has 1 aliphatic rings. The second-order valence-corrected chi connectivity index (χ2v) is 6.15. The number of carbonyl (C=O) groups is 2. The Labute approximate surface area is 147 Å². The van der Waals surface area contributed by atoms with Crippen LogP contribution in [0, 0.1) is 5.92 Å². The highest BCUT2D eigenvalue weighted by Crippen LogP contribution is 2.31. The van der Waals surface area contributed by atoms with Gasteiger partial charge in [-0.2, -0.15) is 0 Å². The molecule has 138 valence electrons. The number of carboxylic acid groups (broad SMARTS) is 1. The average molecular weight is 350 g/mol. The molecule has 0 saturated carbocycles. The van der Waals surface area contributed by atoms with Crippen LogP contribution < -0.4 is 14.8 Å². The highest BCUT2D eigenvalue weighted by molar-refractivity contribution is 5.77. The summed E-state index contributed by atoms with van der Waals surface area (Å²) in [6.07, 6.45) is 2.03. The summed E-state index contributed by atoms with van der Waals surface area (Å²) < 4.78 is 10.6. The van der Waals surface area contributed by atoms with Crippen molar-refractivity contribution >= 4 is 12.0 Å². The molecule has 2 atom stereocenters. The first-order valence-electron chi connectivity index (χ1n) is 8.50. The topological polar surface area (TPSA) is 88.1 Å². The van der Waals surface area contributed by atoms with Gasteiger partial charge in [-0.3, -0.25) is 4.79 Å². The van der Waals surface area contributed by atoms with E-state index in [1.165, 1.54) is 0 Å². The lowest BCUT2D eigenvalue weighted by atomic mass is 9.98. The van der Waals surface area contributed by atoms with Gasteiger partial charge in [0.15, 0.2) is 11.5 Å². The first-order valence-corrected chi connectivity index (χ1v) is 8.50. The molecule has 25 heavy (non-hydrogen) atoms. The molecule has 1 aromatic carbocycles. The highest BCUT2D eigenvalue weighted by Gasteiger charge is 2.29. The Morgan fingerprint density at radius 1 is 1.32 bits per heavy atom. The lowest BCUT2D eigenvalue weighted by molar-refractivity contribution is -0.143. The Kier molecular flexibility index (Phi) is 6.50. The molecular weight excluding hydrogens is 324 g/mol. The zero-order valence-electron chi connectivity index (χ0n) is 14.9. The van der Waals surface area contributed by atoms with Gasteiger partial charge in [0.1, 0.15) is 0 Å². The van der Waals surface area contributed by atoms with Crippen LogP contribution in [-0.2, 0) is 4.79 Å². The number of carbonyl (C=O) groups excluding carboxylic acids is 1. The molecule has 7 heteroatoms. The monoisotopic (exact) mass is 350 g/mol. The van der Waals surface area contributed by atoms with Gasteiger partial charge in [-0.1, -0.05) is 13.0 Å². The van der Waals surface area contributed by atoms with Gasteiger partial charge in [-0.15, -0.1) is 0 Å². The van der Waals surface area contributed by atoms with E-state index in [4.69, 9.17) is 14.6 Å². The van der Waals surface area contributed by atoms with Crippen LogP contribution in [0.25, 0.3) is 0 Å². The molecule has 1 aromatic rings. The average Bonchev–Trinajstić information content (AvgIpc) is 2.65. The second kappa shape index (κ2) is 8.60. The minimum Gasteiger partial charge on any atom is -0.493 e. The van der Waals surface area contributed by atoms with Crippen molar-refractivity contribution in [2.45, 2.75) is 32.2 Å². The van der Waals surface area contributed by atoms with E-state index < -0.39 is 11.9 Å². The van der Waals surface area contributed by atoms with Gasteiger partial charge in [0.2, 0.25) is 0 Å². The zero-order valence-corrected chi connectivity index (χ0v) is 14.9. The number of piperidine rings is 1. The lowest BCUT2D eigenvalue weighted by Gasteiger charge is -2.32. The molecule has 7 nitrogen and oxygen atoms in total. The largest absolute Gasteiger partial charge is 0.493 e. The Balaban J connectivity index is 2.08. The molecule has 2 rings (SSSR count). The third-order valence-corrected chi connectivity index (χ3v) is 4.57. The van der Waals surface area contributed by atoms with E-state index in [1.807, 2.05) is 25.1 Å². The smallest absolute Gasteiger partial charge is 0.317 e. The summed E-state index contributed by atoms with van der Waals surface area (Å²) >= 11 is 0. The fourth-order valence-corrected chi connectivity index (χ4v) is 3.09. The first-order chi connectivity index (χ1) is 12.0. The molecular formula is C18H26N2O5. The first kappa shape index (κ1) is 18.9. The lowest BCUT2D eigenvalue weighted by Crippen LogP contribution is -2.47. The Bertz CT molecular complexity index is 619. The van der Waals surface area contributed by atoms with Crippen molar-refractivity contribution in [2.24, 2.45) is 5.92 Å². The summed E-state index contributed by atoms with van der Waals surface area (Å²) in [6, 6.07) is 5.14. The van der Waals surface area contributed by atoms with Crippen LogP contribution in [0.1, 0.15) is 37.8 Å². The van der Waals surface area contributed by atoms with Crippen LogP contribution >= 0.6 is 0 Å². The van der Waals surface area contributed by atoms with Crippen molar-refractivity contribution in [3.8, 4) is 11.5 Å². The summed E-state index contributed by atoms with van der Waals surface area (Å²) in [5.74, 6) is -0.0885. The maximum Gasteiger partial charge on any atom is 0.317 e. The molecule has 1 fully saturated rings. The third kappa shape index (κ3) is 4.55. The number of benzene rings is 1. The van der Waals surface area contributed by atoms with Gasteiger partial charge in [0, 0.05) is 13.1 Å². The van der Waals surface area contributed by atoms with Gasteiger partial charge in [0.25, 0.3) is 0 Å². The molecule has 0 aliphatic carbocycles. The van der Waals surface area contributed by atoms with Crippen molar-refractivity contribution < 1.29 is 24.2 Å². The van der Waals surface area contributed by atoms with E-state index in [0.717, 1.165) is 5.56 Å². The maximum atomic E-state index is 12.6. The Morgan fingerprint density at radius 2 is 2.04 bits per heavy atom. The van der Waals surface area contributed by atoms with E-state index in [0.29, 0.717) is 37.3 Å². The number of ether oxygens (including phenoxy) is 2. The number of urea groups is 1. The number of hydrogen-bond acceptors (Lipinski definition) is 4. The number of likely N-dealkylation sites (tertiary alicyclic amines) is 1. The standard InChI is InChI=1S/C18H26N2O5/c1-4-14(12-7-8-15(24-2)16(10-12)25-3)19-18(23)20-9-5-6-13(11-20)17(21)22/h7-8,10,13-14H,4-6,9,11H2,1-3H3,(H,19,23)(H,21,22). The predicted octanol–water partition coefficient (Wildman–Crippen LogP) is 2.66.